The Bertz CT molecular complexity index is 697. The van der Waals surface area contributed by atoms with Crippen LogP contribution in [0.1, 0.15) is 28.3 Å². The molecule has 1 aliphatic rings. The van der Waals surface area contributed by atoms with Crippen LogP contribution in [0.5, 0.6) is 5.75 Å². The number of halogens is 1. The SMILES string of the molecule is O=CC1c2cc(Br)ccc2OCC1CC(=O)c1ccccc1. The number of fused-ring (bicyclic) bond motifs is 1. The highest BCUT2D eigenvalue weighted by Gasteiger charge is 2.32. The fourth-order valence-corrected chi connectivity index (χ4v) is 3.19. The van der Waals surface area contributed by atoms with Crippen molar-refractivity contribution < 1.29 is 14.3 Å². The van der Waals surface area contributed by atoms with Crippen LogP contribution in [0.3, 0.4) is 0 Å². The number of carbonyl (C=O) groups excluding carboxylic acids is 2. The summed E-state index contributed by atoms with van der Waals surface area (Å²) in [6, 6.07) is 14.8. The first kappa shape index (κ1) is 15.0. The van der Waals surface area contributed by atoms with Gasteiger partial charge in [0.2, 0.25) is 0 Å². The second kappa shape index (κ2) is 6.44. The van der Waals surface area contributed by atoms with E-state index < -0.39 is 0 Å². The van der Waals surface area contributed by atoms with Gasteiger partial charge in [-0.15, -0.1) is 0 Å². The van der Waals surface area contributed by atoms with E-state index in [1.165, 1.54) is 0 Å². The summed E-state index contributed by atoms with van der Waals surface area (Å²) in [7, 11) is 0. The summed E-state index contributed by atoms with van der Waals surface area (Å²) in [5.74, 6) is 0.323. The lowest BCUT2D eigenvalue weighted by Gasteiger charge is -2.30. The first-order valence-electron chi connectivity index (χ1n) is 7.15. The molecule has 1 aliphatic heterocycles. The third-order valence-corrected chi connectivity index (χ3v) is 4.47. The van der Waals surface area contributed by atoms with Crippen molar-refractivity contribution in [2.24, 2.45) is 5.92 Å². The zero-order chi connectivity index (χ0) is 15.5. The van der Waals surface area contributed by atoms with Gasteiger partial charge in [-0.2, -0.15) is 0 Å². The molecule has 3 nitrogen and oxygen atoms in total. The quantitative estimate of drug-likeness (QED) is 0.612. The Hall–Kier alpha value is -1.94. The van der Waals surface area contributed by atoms with Crippen molar-refractivity contribution in [2.75, 3.05) is 6.61 Å². The van der Waals surface area contributed by atoms with E-state index in [-0.39, 0.29) is 17.6 Å². The average molecular weight is 359 g/mol. The molecule has 1 heterocycles. The summed E-state index contributed by atoms with van der Waals surface area (Å²) in [6.07, 6.45) is 1.23. The second-order valence-corrected chi connectivity index (χ2v) is 6.32. The fourth-order valence-electron chi connectivity index (χ4n) is 2.82. The zero-order valence-electron chi connectivity index (χ0n) is 11.9. The Morgan fingerprint density at radius 1 is 1.23 bits per heavy atom. The smallest absolute Gasteiger partial charge is 0.163 e. The second-order valence-electron chi connectivity index (χ2n) is 5.41. The maximum absolute atomic E-state index is 12.4. The van der Waals surface area contributed by atoms with Gasteiger partial charge in [-0.1, -0.05) is 46.3 Å². The standard InChI is InChI=1S/C18H15BrO3/c19-14-6-7-18-15(9-14)16(10-20)13(11-22-18)8-17(21)12-4-2-1-3-5-12/h1-7,9-10,13,16H,8,11H2. The molecule has 0 saturated heterocycles. The summed E-state index contributed by atoms with van der Waals surface area (Å²) in [5, 5.41) is 0. The summed E-state index contributed by atoms with van der Waals surface area (Å²) < 4.78 is 6.63. The highest BCUT2D eigenvalue weighted by atomic mass is 79.9. The van der Waals surface area contributed by atoms with E-state index in [9.17, 15) is 9.59 Å². The number of aldehydes is 1. The maximum atomic E-state index is 12.4. The van der Waals surface area contributed by atoms with E-state index in [1.54, 1.807) is 12.1 Å². The molecule has 0 spiro atoms. The van der Waals surface area contributed by atoms with Crippen molar-refractivity contribution in [2.45, 2.75) is 12.3 Å². The molecular weight excluding hydrogens is 344 g/mol. The summed E-state index contributed by atoms with van der Waals surface area (Å²) in [6.45, 7) is 0.386. The van der Waals surface area contributed by atoms with Gasteiger partial charge >= 0.3 is 0 Å². The van der Waals surface area contributed by atoms with E-state index in [2.05, 4.69) is 15.9 Å². The molecule has 2 atom stereocenters. The average Bonchev–Trinajstić information content (AvgIpc) is 2.55. The lowest BCUT2D eigenvalue weighted by molar-refractivity contribution is -0.110. The third-order valence-electron chi connectivity index (χ3n) is 3.98. The van der Waals surface area contributed by atoms with Crippen molar-refractivity contribution in [1.82, 2.24) is 0 Å². The van der Waals surface area contributed by atoms with Crippen molar-refractivity contribution in [1.29, 1.82) is 0 Å². The largest absolute Gasteiger partial charge is 0.493 e. The van der Waals surface area contributed by atoms with Crippen LogP contribution in [0.15, 0.2) is 53.0 Å². The number of benzene rings is 2. The highest BCUT2D eigenvalue weighted by molar-refractivity contribution is 9.10. The van der Waals surface area contributed by atoms with Crippen molar-refractivity contribution in [3.8, 4) is 5.75 Å². The van der Waals surface area contributed by atoms with Gasteiger partial charge in [-0.25, -0.2) is 0 Å². The number of carbonyl (C=O) groups is 2. The molecule has 112 valence electrons. The lowest BCUT2D eigenvalue weighted by atomic mass is 9.81. The van der Waals surface area contributed by atoms with E-state index in [1.807, 2.05) is 36.4 Å². The molecule has 0 saturated carbocycles. The van der Waals surface area contributed by atoms with Crippen LogP contribution >= 0.6 is 15.9 Å². The Morgan fingerprint density at radius 2 is 2.00 bits per heavy atom. The van der Waals surface area contributed by atoms with Gasteiger partial charge in [0.05, 0.1) is 6.61 Å². The minimum atomic E-state index is -0.311. The molecule has 0 amide bonds. The minimum absolute atomic E-state index is 0.0412. The third kappa shape index (κ3) is 2.97. The van der Waals surface area contributed by atoms with Crippen LogP contribution in [0.2, 0.25) is 0 Å². The maximum Gasteiger partial charge on any atom is 0.163 e. The number of hydrogen-bond donors (Lipinski definition) is 0. The predicted octanol–water partition coefficient (Wildman–Crippen LogP) is 4.01. The van der Waals surface area contributed by atoms with Gasteiger partial charge in [0.25, 0.3) is 0 Å². The summed E-state index contributed by atoms with van der Waals surface area (Å²) >= 11 is 3.42. The normalized spacial score (nSPS) is 19.9. The molecule has 0 aliphatic carbocycles. The predicted molar refractivity (Wildman–Crippen MR) is 87.3 cm³/mol. The first-order valence-corrected chi connectivity index (χ1v) is 7.94. The van der Waals surface area contributed by atoms with E-state index in [0.29, 0.717) is 18.6 Å². The van der Waals surface area contributed by atoms with Crippen LogP contribution in [0.25, 0.3) is 0 Å². The lowest BCUT2D eigenvalue weighted by Crippen LogP contribution is -2.29. The van der Waals surface area contributed by atoms with Gasteiger partial charge in [0.1, 0.15) is 12.0 Å². The highest BCUT2D eigenvalue weighted by Crippen LogP contribution is 2.39. The summed E-state index contributed by atoms with van der Waals surface area (Å²) in [5.41, 5.74) is 1.52. The van der Waals surface area contributed by atoms with Crippen molar-refractivity contribution in [3.05, 3.63) is 64.1 Å². The molecule has 3 rings (SSSR count). The first-order chi connectivity index (χ1) is 10.7. The molecule has 4 heteroatoms. The number of ketones is 1. The zero-order valence-corrected chi connectivity index (χ0v) is 13.5. The molecule has 2 aromatic rings. The van der Waals surface area contributed by atoms with Gasteiger partial charge in [-0.3, -0.25) is 4.79 Å². The molecule has 22 heavy (non-hydrogen) atoms. The molecule has 0 fully saturated rings. The Kier molecular flexibility index (Phi) is 4.39. The number of Topliss-reactive ketones (excluding diaryl/α,β-unsaturated/α-hetero) is 1. The van der Waals surface area contributed by atoms with Gasteiger partial charge in [-0.05, 0) is 18.2 Å². The Balaban J connectivity index is 1.83. The molecule has 2 aromatic carbocycles. The minimum Gasteiger partial charge on any atom is -0.493 e. The monoisotopic (exact) mass is 358 g/mol. The fraction of sp³-hybridized carbons (Fsp3) is 0.222. The van der Waals surface area contributed by atoms with Crippen LogP contribution in [0.4, 0.5) is 0 Å². The van der Waals surface area contributed by atoms with Crippen molar-refractivity contribution in [3.63, 3.8) is 0 Å². The van der Waals surface area contributed by atoms with Gasteiger partial charge < -0.3 is 9.53 Å². The van der Waals surface area contributed by atoms with Gasteiger partial charge in [0.15, 0.2) is 5.78 Å². The Morgan fingerprint density at radius 3 is 2.73 bits per heavy atom. The topological polar surface area (TPSA) is 43.4 Å². The molecular formula is C18H15BrO3. The van der Waals surface area contributed by atoms with Crippen molar-refractivity contribution >= 4 is 28.0 Å². The molecule has 0 radical (unpaired) electrons. The number of hydrogen-bond acceptors (Lipinski definition) is 3. The molecule has 0 bridgehead atoms. The van der Waals surface area contributed by atoms with E-state index in [4.69, 9.17) is 4.74 Å². The van der Waals surface area contributed by atoms with Crippen LogP contribution < -0.4 is 4.74 Å². The molecule has 2 unspecified atom stereocenters. The number of rotatable bonds is 4. The summed E-state index contributed by atoms with van der Waals surface area (Å²) in [4.78, 5) is 24.0. The van der Waals surface area contributed by atoms with Gasteiger partial charge in [0, 0.05) is 33.9 Å². The van der Waals surface area contributed by atoms with Crippen LogP contribution in [-0.2, 0) is 4.79 Å². The van der Waals surface area contributed by atoms with Crippen LogP contribution in [0, 0.1) is 5.92 Å². The molecule has 0 N–H and O–H groups in total. The molecule has 0 aromatic heterocycles. The number of ether oxygens (including phenoxy) is 1. The van der Waals surface area contributed by atoms with E-state index in [0.717, 1.165) is 22.1 Å². The Labute approximate surface area is 137 Å². The van der Waals surface area contributed by atoms with Crippen LogP contribution in [-0.4, -0.2) is 18.7 Å². The van der Waals surface area contributed by atoms with E-state index >= 15 is 0 Å².